The number of hydrogen-bond acceptors (Lipinski definition) is 4. The Hall–Kier alpha value is -2.08. The zero-order valence-corrected chi connectivity index (χ0v) is 15.4. The molecule has 0 unspecified atom stereocenters. The smallest absolute Gasteiger partial charge is 0.228 e. The zero-order valence-electron chi connectivity index (χ0n) is 13.0. The van der Waals surface area contributed by atoms with Gasteiger partial charge >= 0.3 is 0 Å². The molecule has 3 rings (SSSR count). The first kappa shape index (κ1) is 17.7. The number of halogens is 2. The molecule has 0 fully saturated rings. The molecule has 25 heavy (non-hydrogen) atoms. The first-order valence-electron chi connectivity index (χ1n) is 7.44. The summed E-state index contributed by atoms with van der Waals surface area (Å²) in [5, 5.41) is 5.78. The molecule has 4 nitrogen and oxygen atoms in total. The molecule has 0 aliphatic heterocycles. The van der Waals surface area contributed by atoms with Crippen molar-refractivity contribution >= 4 is 46.1 Å². The van der Waals surface area contributed by atoms with E-state index in [0.29, 0.717) is 33.7 Å². The van der Waals surface area contributed by atoms with Crippen LogP contribution in [0.25, 0.3) is 0 Å². The van der Waals surface area contributed by atoms with Crippen molar-refractivity contribution in [3.8, 4) is 5.75 Å². The highest BCUT2D eigenvalue weighted by Crippen LogP contribution is 2.26. The van der Waals surface area contributed by atoms with Crippen LogP contribution >= 0.6 is 34.5 Å². The summed E-state index contributed by atoms with van der Waals surface area (Å²) in [7, 11) is 0. The Balaban J connectivity index is 1.66. The van der Waals surface area contributed by atoms with Crippen LogP contribution in [0.5, 0.6) is 5.75 Å². The number of nitrogens with one attached hydrogen (secondary N) is 1. The van der Waals surface area contributed by atoms with Gasteiger partial charge in [0.2, 0.25) is 5.91 Å². The van der Waals surface area contributed by atoms with Gasteiger partial charge < -0.3 is 10.1 Å². The van der Waals surface area contributed by atoms with E-state index in [9.17, 15) is 4.79 Å². The molecule has 2 aromatic carbocycles. The SMILES string of the molecule is O=C(Cc1ccc(Cl)cc1Cl)Nc1ccccc1OCc1cscn1. The largest absolute Gasteiger partial charge is 0.485 e. The van der Waals surface area contributed by atoms with Crippen LogP contribution in [0.4, 0.5) is 5.69 Å². The summed E-state index contributed by atoms with van der Waals surface area (Å²) in [6.07, 6.45) is 0.149. The van der Waals surface area contributed by atoms with E-state index in [4.69, 9.17) is 27.9 Å². The third-order valence-electron chi connectivity index (χ3n) is 3.39. The lowest BCUT2D eigenvalue weighted by Crippen LogP contribution is -2.15. The first-order valence-corrected chi connectivity index (χ1v) is 9.14. The van der Waals surface area contributed by atoms with Crippen molar-refractivity contribution in [1.29, 1.82) is 0 Å². The van der Waals surface area contributed by atoms with Gasteiger partial charge in [-0.25, -0.2) is 4.98 Å². The molecule has 1 heterocycles. The molecule has 0 saturated carbocycles. The molecular formula is C18H14Cl2N2O2S. The van der Waals surface area contributed by atoms with Crippen molar-refractivity contribution in [2.75, 3.05) is 5.32 Å². The number of benzene rings is 2. The van der Waals surface area contributed by atoms with E-state index in [1.54, 1.807) is 35.8 Å². The first-order chi connectivity index (χ1) is 12.1. The highest BCUT2D eigenvalue weighted by atomic mass is 35.5. The van der Waals surface area contributed by atoms with Crippen molar-refractivity contribution in [3.05, 3.63) is 74.7 Å². The maximum absolute atomic E-state index is 12.3. The molecule has 0 aliphatic rings. The minimum atomic E-state index is -0.186. The number of rotatable bonds is 6. The molecule has 0 bridgehead atoms. The Kier molecular flexibility index (Phi) is 5.91. The van der Waals surface area contributed by atoms with Crippen LogP contribution in [0.1, 0.15) is 11.3 Å². The van der Waals surface area contributed by atoms with E-state index in [-0.39, 0.29) is 12.3 Å². The van der Waals surface area contributed by atoms with Gasteiger partial charge in [-0.2, -0.15) is 0 Å². The van der Waals surface area contributed by atoms with E-state index in [1.807, 2.05) is 17.5 Å². The third kappa shape index (κ3) is 4.95. The molecule has 0 saturated heterocycles. The van der Waals surface area contributed by atoms with Crippen molar-refractivity contribution in [2.24, 2.45) is 0 Å². The van der Waals surface area contributed by atoms with Crippen LogP contribution in [0.2, 0.25) is 10.0 Å². The molecule has 7 heteroatoms. The molecule has 128 valence electrons. The number of hydrogen-bond donors (Lipinski definition) is 1. The van der Waals surface area contributed by atoms with Gasteiger partial charge in [-0.05, 0) is 29.8 Å². The zero-order chi connectivity index (χ0) is 17.6. The number of anilines is 1. The van der Waals surface area contributed by atoms with Gasteiger partial charge in [0.05, 0.1) is 23.3 Å². The van der Waals surface area contributed by atoms with Crippen LogP contribution in [-0.2, 0) is 17.8 Å². The van der Waals surface area contributed by atoms with Crippen LogP contribution in [0.3, 0.4) is 0 Å². The van der Waals surface area contributed by atoms with E-state index >= 15 is 0 Å². The summed E-state index contributed by atoms with van der Waals surface area (Å²) in [5.41, 5.74) is 3.92. The fraction of sp³-hybridized carbons (Fsp3) is 0.111. The summed E-state index contributed by atoms with van der Waals surface area (Å²) in [6.45, 7) is 0.347. The number of amides is 1. The molecule has 0 atom stereocenters. The highest BCUT2D eigenvalue weighted by Gasteiger charge is 2.11. The summed E-state index contributed by atoms with van der Waals surface area (Å²) in [5.74, 6) is 0.403. The number of carbonyl (C=O) groups is 1. The monoisotopic (exact) mass is 392 g/mol. The van der Waals surface area contributed by atoms with Gasteiger partial charge in [0.1, 0.15) is 12.4 Å². The quantitative estimate of drug-likeness (QED) is 0.626. The second-order valence-corrected chi connectivity index (χ2v) is 6.79. The van der Waals surface area contributed by atoms with Crippen LogP contribution < -0.4 is 10.1 Å². The predicted octanol–water partition coefficient (Wildman–Crippen LogP) is 5.21. The number of aromatic nitrogens is 1. The molecule has 1 aromatic heterocycles. The molecular weight excluding hydrogens is 379 g/mol. The van der Waals surface area contributed by atoms with Gasteiger partial charge in [-0.3, -0.25) is 4.79 Å². The fourth-order valence-electron chi connectivity index (χ4n) is 2.19. The Morgan fingerprint density at radius 1 is 1.20 bits per heavy atom. The standard InChI is InChI=1S/C18H14Cl2N2O2S/c19-13-6-5-12(15(20)8-13)7-18(23)22-16-3-1-2-4-17(16)24-9-14-10-25-11-21-14/h1-6,8,10-11H,7,9H2,(H,22,23). The van der Waals surface area contributed by atoms with E-state index in [0.717, 1.165) is 5.69 Å². The molecule has 3 aromatic rings. The number of ether oxygens (including phenoxy) is 1. The average molecular weight is 393 g/mol. The summed E-state index contributed by atoms with van der Waals surface area (Å²) < 4.78 is 5.76. The van der Waals surface area contributed by atoms with Crippen molar-refractivity contribution in [2.45, 2.75) is 13.0 Å². The van der Waals surface area contributed by atoms with Crippen LogP contribution in [0.15, 0.2) is 53.4 Å². The van der Waals surface area contributed by atoms with Crippen LogP contribution in [0, 0.1) is 0 Å². The Morgan fingerprint density at radius 3 is 2.80 bits per heavy atom. The minimum absolute atomic E-state index is 0.149. The van der Waals surface area contributed by atoms with Gasteiger partial charge in [0.15, 0.2) is 0 Å². The van der Waals surface area contributed by atoms with Gasteiger partial charge in [-0.15, -0.1) is 11.3 Å². The maximum atomic E-state index is 12.3. The number of nitrogens with zero attached hydrogens (tertiary/aromatic N) is 1. The van der Waals surface area contributed by atoms with Crippen LogP contribution in [-0.4, -0.2) is 10.9 Å². The van der Waals surface area contributed by atoms with E-state index in [1.165, 1.54) is 11.3 Å². The number of para-hydroxylation sites is 2. The van der Waals surface area contributed by atoms with Crippen molar-refractivity contribution in [1.82, 2.24) is 4.98 Å². The lowest BCUT2D eigenvalue weighted by atomic mass is 10.1. The lowest BCUT2D eigenvalue weighted by molar-refractivity contribution is -0.115. The molecule has 1 amide bonds. The summed E-state index contributed by atoms with van der Waals surface area (Å²) in [6, 6.07) is 12.4. The Labute approximate surface area is 159 Å². The van der Waals surface area contributed by atoms with Crippen molar-refractivity contribution < 1.29 is 9.53 Å². The molecule has 0 spiro atoms. The number of carbonyl (C=O) groups excluding carboxylic acids is 1. The lowest BCUT2D eigenvalue weighted by Gasteiger charge is -2.12. The second kappa shape index (κ2) is 8.34. The average Bonchev–Trinajstić information content (AvgIpc) is 3.10. The molecule has 0 aliphatic carbocycles. The topological polar surface area (TPSA) is 51.2 Å². The Bertz CT molecular complexity index is 869. The van der Waals surface area contributed by atoms with Gasteiger partial charge in [0.25, 0.3) is 0 Å². The third-order valence-corrected chi connectivity index (χ3v) is 4.61. The normalized spacial score (nSPS) is 10.5. The molecule has 0 radical (unpaired) electrons. The van der Waals surface area contributed by atoms with E-state index < -0.39 is 0 Å². The summed E-state index contributed by atoms with van der Waals surface area (Å²) >= 11 is 13.5. The minimum Gasteiger partial charge on any atom is -0.485 e. The Morgan fingerprint density at radius 2 is 2.04 bits per heavy atom. The maximum Gasteiger partial charge on any atom is 0.228 e. The number of thiazole rings is 1. The van der Waals surface area contributed by atoms with Crippen molar-refractivity contribution in [3.63, 3.8) is 0 Å². The summed E-state index contributed by atoms with van der Waals surface area (Å²) in [4.78, 5) is 16.5. The van der Waals surface area contributed by atoms with E-state index in [2.05, 4.69) is 10.3 Å². The van der Waals surface area contributed by atoms with Gasteiger partial charge in [0, 0.05) is 15.4 Å². The van der Waals surface area contributed by atoms with Gasteiger partial charge in [-0.1, -0.05) is 41.4 Å². The predicted molar refractivity (Wildman–Crippen MR) is 102 cm³/mol. The fourth-order valence-corrected chi connectivity index (χ4v) is 3.21. The molecule has 1 N–H and O–H groups in total. The second-order valence-electron chi connectivity index (χ2n) is 5.23. The highest BCUT2D eigenvalue weighted by molar-refractivity contribution is 7.07.